The minimum atomic E-state index is -0.886. The smallest absolute Gasteiger partial charge is 0.336 e. The van der Waals surface area contributed by atoms with Crippen LogP contribution in [0, 0.1) is 0 Å². The summed E-state index contributed by atoms with van der Waals surface area (Å²) in [6.45, 7) is 0. The molecule has 0 atom stereocenters. The van der Waals surface area contributed by atoms with Crippen molar-refractivity contribution >= 4 is 23.0 Å². The van der Waals surface area contributed by atoms with Crippen LogP contribution in [0.15, 0.2) is 76.0 Å². The van der Waals surface area contributed by atoms with Crippen LogP contribution in [0.2, 0.25) is 0 Å². The van der Waals surface area contributed by atoms with Crippen LogP contribution in [-0.4, -0.2) is 26.4 Å². The second kappa shape index (κ2) is 8.19. The van der Waals surface area contributed by atoms with Crippen molar-refractivity contribution in [3.8, 4) is 40.1 Å². The summed E-state index contributed by atoms with van der Waals surface area (Å²) in [5.41, 5.74) is -0.0136. The summed E-state index contributed by atoms with van der Waals surface area (Å²) >= 11 is 0. The van der Waals surface area contributed by atoms with Gasteiger partial charge >= 0.3 is 5.97 Å². The predicted octanol–water partition coefficient (Wildman–Crippen LogP) is 3.90. The SMILES string of the molecule is O=C(/C=C/c1ccc(O)cc1)Oc1c(-c2ccc(O)cc2)oc2cc(O)cc(O)c2c1=O. The Balaban J connectivity index is 1.80. The Hall–Kier alpha value is -4.72. The highest BCUT2D eigenvalue weighted by atomic mass is 16.5. The summed E-state index contributed by atoms with van der Waals surface area (Å²) in [6, 6.07) is 13.8. The van der Waals surface area contributed by atoms with Crippen molar-refractivity contribution in [1.29, 1.82) is 0 Å². The molecule has 4 N–H and O–H groups in total. The third-order valence-electron chi connectivity index (χ3n) is 4.55. The molecular weight excluding hydrogens is 416 g/mol. The zero-order chi connectivity index (χ0) is 22.8. The van der Waals surface area contributed by atoms with E-state index in [1.54, 1.807) is 12.1 Å². The quantitative estimate of drug-likeness (QED) is 0.281. The Labute approximate surface area is 180 Å². The predicted molar refractivity (Wildman–Crippen MR) is 116 cm³/mol. The molecule has 4 rings (SSSR count). The van der Waals surface area contributed by atoms with Gasteiger partial charge in [-0.1, -0.05) is 12.1 Å². The maximum atomic E-state index is 13.1. The maximum Gasteiger partial charge on any atom is 0.336 e. The number of phenolic OH excluding ortho intramolecular Hbond substituents is 4. The Morgan fingerprint density at radius 3 is 2.12 bits per heavy atom. The average Bonchev–Trinajstić information content (AvgIpc) is 2.75. The lowest BCUT2D eigenvalue weighted by Crippen LogP contribution is -2.14. The van der Waals surface area contributed by atoms with Crippen LogP contribution in [-0.2, 0) is 4.79 Å². The van der Waals surface area contributed by atoms with Gasteiger partial charge in [0.05, 0.1) is 0 Å². The minimum Gasteiger partial charge on any atom is -0.508 e. The highest BCUT2D eigenvalue weighted by Crippen LogP contribution is 2.36. The van der Waals surface area contributed by atoms with E-state index in [4.69, 9.17) is 9.15 Å². The number of hydrogen-bond acceptors (Lipinski definition) is 8. The van der Waals surface area contributed by atoms with Gasteiger partial charge < -0.3 is 29.6 Å². The number of phenols is 4. The van der Waals surface area contributed by atoms with E-state index in [-0.39, 0.29) is 34.0 Å². The first kappa shape index (κ1) is 20.5. The van der Waals surface area contributed by atoms with Crippen molar-refractivity contribution in [3.05, 3.63) is 82.5 Å². The molecule has 160 valence electrons. The molecular formula is C24H16O8. The highest BCUT2D eigenvalue weighted by Gasteiger charge is 2.22. The van der Waals surface area contributed by atoms with E-state index in [0.717, 1.165) is 18.2 Å². The summed E-state index contributed by atoms with van der Waals surface area (Å²) in [5.74, 6) is -2.30. The molecule has 0 radical (unpaired) electrons. The molecule has 1 heterocycles. The van der Waals surface area contributed by atoms with Gasteiger partial charge in [-0.25, -0.2) is 4.79 Å². The normalized spacial score (nSPS) is 11.1. The largest absolute Gasteiger partial charge is 0.508 e. The fraction of sp³-hybridized carbons (Fsp3) is 0. The van der Waals surface area contributed by atoms with Crippen LogP contribution >= 0.6 is 0 Å². The van der Waals surface area contributed by atoms with Crippen LogP contribution in [0.3, 0.4) is 0 Å². The third kappa shape index (κ3) is 4.10. The molecule has 8 heteroatoms. The molecule has 0 saturated heterocycles. The van der Waals surface area contributed by atoms with Crippen molar-refractivity contribution in [2.45, 2.75) is 0 Å². The summed E-state index contributed by atoms with van der Waals surface area (Å²) in [7, 11) is 0. The van der Waals surface area contributed by atoms with Gasteiger partial charge in [-0.2, -0.15) is 0 Å². The van der Waals surface area contributed by atoms with Gasteiger partial charge in [0.15, 0.2) is 5.76 Å². The molecule has 0 spiro atoms. The molecule has 0 amide bonds. The topological polar surface area (TPSA) is 137 Å². The van der Waals surface area contributed by atoms with Crippen molar-refractivity contribution in [3.63, 3.8) is 0 Å². The fourth-order valence-electron chi connectivity index (χ4n) is 3.05. The van der Waals surface area contributed by atoms with Crippen LogP contribution < -0.4 is 10.2 Å². The maximum absolute atomic E-state index is 13.1. The van der Waals surface area contributed by atoms with E-state index < -0.39 is 22.9 Å². The molecule has 32 heavy (non-hydrogen) atoms. The Kier molecular flexibility index (Phi) is 5.26. The van der Waals surface area contributed by atoms with Gasteiger partial charge in [0.1, 0.15) is 34.0 Å². The number of carbonyl (C=O) groups is 1. The van der Waals surface area contributed by atoms with E-state index in [1.165, 1.54) is 42.5 Å². The minimum absolute atomic E-state index is 0.0254. The van der Waals surface area contributed by atoms with E-state index in [1.807, 2.05) is 0 Å². The molecule has 0 unspecified atom stereocenters. The number of fused-ring (bicyclic) bond motifs is 1. The standard InChI is InChI=1S/C24H16O8/c25-15-6-1-13(2-7-15)3-10-20(29)32-24-22(30)21-18(28)11-17(27)12-19(21)31-23(24)14-4-8-16(26)9-5-14/h1-12,25-28H/b10-3+. The van der Waals surface area contributed by atoms with Crippen LogP contribution in [0.4, 0.5) is 0 Å². The molecule has 0 aliphatic rings. The zero-order valence-corrected chi connectivity index (χ0v) is 16.4. The summed E-state index contributed by atoms with van der Waals surface area (Å²) in [4.78, 5) is 25.5. The fourth-order valence-corrected chi connectivity index (χ4v) is 3.05. The van der Waals surface area contributed by atoms with Crippen LogP contribution in [0.5, 0.6) is 28.7 Å². The number of carbonyl (C=O) groups excluding carboxylic acids is 1. The molecule has 1 aromatic heterocycles. The summed E-state index contributed by atoms with van der Waals surface area (Å²) < 4.78 is 11.0. The van der Waals surface area contributed by atoms with Gasteiger partial charge in [-0.15, -0.1) is 0 Å². The van der Waals surface area contributed by atoms with E-state index in [2.05, 4.69) is 0 Å². The number of benzene rings is 3. The number of rotatable bonds is 4. The van der Waals surface area contributed by atoms with Gasteiger partial charge in [0.25, 0.3) is 0 Å². The molecule has 0 saturated carbocycles. The number of ether oxygens (including phenoxy) is 1. The van der Waals surface area contributed by atoms with E-state index >= 15 is 0 Å². The highest BCUT2D eigenvalue weighted by molar-refractivity contribution is 5.92. The van der Waals surface area contributed by atoms with Crippen molar-refractivity contribution in [2.24, 2.45) is 0 Å². The number of aromatic hydroxyl groups is 4. The van der Waals surface area contributed by atoms with Gasteiger partial charge in [0, 0.05) is 23.8 Å². The molecule has 3 aromatic carbocycles. The summed E-state index contributed by atoms with van der Waals surface area (Å²) in [6.07, 6.45) is 2.52. The average molecular weight is 432 g/mol. The summed E-state index contributed by atoms with van der Waals surface area (Å²) in [5, 5.41) is 38.5. The monoisotopic (exact) mass is 432 g/mol. The van der Waals surface area contributed by atoms with Crippen LogP contribution in [0.1, 0.15) is 5.56 Å². The van der Waals surface area contributed by atoms with Gasteiger partial charge in [-0.05, 0) is 48.0 Å². The first-order valence-corrected chi connectivity index (χ1v) is 9.33. The first-order chi connectivity index (χ1) is 15.3. The Bertz CT molecular complexity index is 1400. The van der Waals surface area contributed by atoms with E-state index in [9.17, 15) is 30.0 Å². The Morgan fingerprint density at radius 1 is 0.844 bits per heavy atom. The molecule has 0 bridgehead atoms. The molecule has 0 aliphatic carbocycles. The van der Waals surface area contributed by atoms with E-state index in [0.29, 0.717) is 11.1 Å². The first-order valence-electron chi connectivity index (χ1n) is 9.33. The van der Waals surface area contributed by atoms with Crippen molar-refractivity contribution < 1.29 is 34.4 Å². The molecule has 0 fully saturated rings. The van der Waals surface area contributed by atoms with Gasteiger partial charge in [-0.3, -0.25) is 4.79 Å². The van der Waals surface area contributed by atoms with Gasteiger partial charge in [0.2, 0.25) is 11.2 Å². The van der Waals surface area contributed by atoms with Crippen LogP contribution in [0.25, 0.3) is 28.4 Å². The number of hydrogen-bond donors (Lipinski definition) is 4. The lowest BCUT2D eigenvalue weighted by molar-refractivity contribution is -0.129. The second-order valence-electron chi connectivity index (χ2n) is 6.82. The number of esters is 1. The molecule has 8 nitrogen and oxygen atoms in total. The third-order valence-corrected chi connectivity index (χ3v) is 4.55. The molecule has 4 aromatic rings. The lowest BCUT2D eigenvalue weighted by Gasteiger charge is -2.11. The second-order valence-corrected chi connectivity index (χ2v) is 6.82. The lowest BCUT2D eigenvalue weighted by atomic mass is 10.1. The zero-order valence-electron chi connectivity index (χ0n) is 16.4. The van der Waals surface area contributed by atoms with Crippen molar-refractivity contribution in [1.82, 2.24) is 0 Å². The van der Waals surface area contributed by atoms with Crippen molar-refractivity contribution in [2.75, 3.05) is 0 Å². The Morgan fingerprint density at radius 2 is 1.47 bits per heavy atom. The molecule has 0 aliphatic heterocycles.